The number of aryl methyl sites for hydroxylation is 1. The van der Waals surface area contributed by atoms with Gasteiger partial charge in [0.15, 0.2) is 0 Å². The molecule has 5 rings (SSSR count). The molecule has 41 heavy (non-hydrogen) atoms. The van der Waals surface area contributed by atoms with Crippen LogP contribution in [0, 0.1) is 12.8 Å². The van der Waals surface area contributed by atoms with Gasteiger partial charge < -0.3 is 14.6 Å². The molecule has 0 saturated carbocycles. The molecule has 4 aromatic rings. The van der Waals surface area contributed by atoms with Crippen LogP contribution < -0.4 is 10.2 Å². The topological polar surface area (TPSA) is 118 Å². The molecule has 0 unspecified atom stereocenters. The van der Waals surface area contributed by atoms with Crippen molar-refractivity contribution < 1.29 is 18.8 Å². The molecule has 0 aliphatic carbocycles. The van der Waals surface area contributed by atoms with Crippen molar-refractivity contribution in [2.75, 3.05) is 18.0 Å². The Kier molecular flexibility index (Phi) is 8.14. The first-order valence-electron chi connectivity index (χ1n) is 13.5. The maximum atomic E-state index is 13.3. The van der Waals surface area contributed by atoms with Crippen LogP contribution >= 0.6 is 0 Å². The standard InChI is InChI=1S/C32H31N5O4/c1-20(2)29(31(40)32-36-35-27(41-32)17-22-11-9-10-21(3)16-22)34-26(38)19-37-25-15-8-7-14-24(25)30(33-18-28(37)39)23-12-5-4-6-13-23/h4-16,20,29H,17-19H2,1-3H3,(H,34,38)/t29-/m0/s1. The van der Waals surface area contributed by atoms with E-state index in [2.05, 4.69) is 20.5 Å². The summed E-state index contributed by atoms with van der Waals surface area (Å²) in [4.78, 5) is 45.8. The van der Waals surface area contributed by atoms with Crippen molar-refractivity contribution >= 4 is 29.0 Å². The SMILES string of the molecule is Cc1cccc(Cc2nnc(C(=O)[C@@H](NC(=O)CN3C(=O)CN=C(c4ccccc4)c4ccccc43)C(C)C)o2)c1. The third-order valence-corrected chi connectivity index (χ3v) is 6.85. The molecule has 2 heterocycles. The lowest BCUT2D eigenvalue weighted by Gasteiger charge is -2.25. The summed E-state index contributed by atoms with van der Waals surface area (Å²) in [5, 5.41) is 10.8. The zero-order chi connectivity index (χ0) is 28.9. The number of aliphatic imine (C=N–C) groups is 1. The van der Waals surface area contributed by atoms with Crippen molar-refractivity contribution in [3.63, 3.8) is 0 Å². The number of hydrogen-bond donors (Lipinski definition) is 1. The molecule has 3 aromatic carbocycles. The second kappa shape index (κ2) is 12.1. The van der Waals surface area contributed by atoms with Gasteiger partial charge in [0, 0.05) is 11.1 Å². The summed E-state index contributed by atoms with van der Waals surface area (Å²) in [6.07, 6.45) is 0.393. The Morgan fingerprint density at radius 3 is 2.49 bits per heavy atom. The van der Waals surface area contributed by atoms with Gasteiger partial charge in [-0.3, -0.25) is 19.4 Å². The number of ketones is 1. The van der Waals surface area contributed by atoms with E-state index in [0.717, 1.165) is 22.3 Å². The van der Waals surface area contributed by atoms with E-state index in [1.54, 1.807) is 6.07 Å². The number of carbonyl (C=O) groups is 3. The van der Waals surface area contributed by atoms with Crippen LogP contribution in [0.4, 0.5) is 5.69 Å². The van der Waals surface area contributed by atoms with Crippen molar-refractivity contribution in [2.45, 2.75) is 33.2 Å². The molecular weight excluding hydrogens is 518 g/mol. The summed E-state index contributed by atoms with van der Waals surface area (Å²) in [7, 11) is 0. The van der Waals surface area contributed by atoms with Gasteiger partial charge in [-0.2, -0.15) is 0 Å². The third-order valence-electron chi connectivity index (χ3n) is 6.85. The molecule has 1 atom stereocenters. The lowest BCUT2D eigenvalue weighted by Crippen LogP contribution is -2.49. The van der Waals surface area contributed by atoms with Gasteiger partial charge in [-0.25, -0.2) is 0 Å². The number of benzodiazepines with no additional fused rings is 1. The molecule has 0 spiro atoms. The quantitative estimate of drug-likeness (QED) is 0.313. The van der Waals surface area contributed by atoms with E-state index in [1.807, 2.05) is 93.6 Å². The zero-order valence-electron chi connectivity index (χ0n) is 23.2. The fourth-order valence-electron chi connectivity index (χ4n) is 4.83. The molecule has 1 aliphatic rings. The second-order valence-corrected chi connectivity index (χ2v) is 10.3. The maximum Gasteiger partial charge on any atom is 0.286 e. The molecule has 2 amide bonds. The lowest BCUT2D eigenvalue weighted by molar-refractivity contribution is -0.123. The number of fused-ring (bicyclic) bond motifs is 1. The highest BCUT2D eigenvalue weighted by Crippen LogP contribution is 2.27. The number of anilines is 1. The Hall–Kier alpha value is -4.92. The first-order valence-corrected chi connectivity index (χ1v) is 13.5. The number of Topliss-reactive ketones (excluding diaryl/α,β-unsaturated/α-hetero) is 1. The average molecular weight is 550 g/mol. The van der Waals surface area contributed by atoms with Gasteiger partial charge in [0.2, 0.25) is 23.5 Å². The number of nitrogens with zero attached hydrogens (tertiary/aromatic N) is 4. The van der Waals surface area contributed by atoms with Crippen molar-refractivity contribution in [3.8, 4) is 0 Å². The number of hydrogen-bond acceptors (Lipinski definition) is 7. The summed E-state index contributed by atoms with van der Waals surface area (Å²) in [6, 6.07) is 24.0. The van der Waals surface area contributed by atoms with Crippen LogP contribution in [0.1, 0.15) is 52.7 Å². The minimum Gasteiger partial charge on any atom is -0.418 e. The van der Waals surface area contributed by atoms with E-state index >= 15 is 0 Å². The summed E-state index contributed by atoms with van der Waals surface area (Å²) in [5.74, 6) is -1.39. The number of carbonyl (C=O) groups excluding carboxylic acids is 3. The van der Waals surface area contributed by atoms with Crippen LogP contribution in [0.2, 0.25) is 0 Å². The Bertz CT molecular complexity index is 1610. The molecular formula is C32H31N5O4. The van der Waals surface area contributed by atoms with Gasteiger partial charge >= 0.3 is 0 Å². The van der Waals surface area contributed by atoms with Gasteiger partial charge in [0.05, 0.1) is 23.9 Å². The maximum absolute atomic E-state index is 13.3. The smallest absolute Gasteiger partial charge is 0.286 e. The van der Waals surface area contributed by atoms with E-state index < -0.39 is 17.7 Å². The van der Waals surface area contributed by atoms with Crippen LogP contribution in [0.25, 0.3) is 0 Å². The van der Waals surface area contributed by atoms with Crippen molar-refractivity contribution in [3.05, 3.63) is 113 Å². The summed E-state index contributed by atoms with van der Waals surface area (Å²) in [5.41, 5.74) is 4.99. The average Bonchev–Trinajstić information content (AvgIpc) is 3.38. The number of aromatic nitrogens is 2. The van der Waals surface area contributed by atoms with Gasteiger partial charge in [0.25, 0.3) is 5.89 Å². The van der Waals surface area contributed by atoms with Gasteiger partial charge in [-0.05, 0) is 24.5 Å². The number of nitrogens with one attached hydrogen (secondary N) is 1. The molecule has 1 aromatic heterocycles. The number of amides is 2. The minimum absolute atomic E-state index is 0.107. The van der Waals surface area contributed by atoms with E-state index in [1.165, 1.54) is 4.90 Å². The molecule has 9 heteroatoms. The fourth-order valence-corrected chi connectivity index (χ4v) is 4.83. The summed E-state index contributed by atoms with van der Waals surface area (Å²) in [6.45, 7) is 5.25. The van der Waals surface area contributed by atoms with E-state index in [0.29, 0.717) is 23.7 Å². The highest BCUT2D eigenvalue weighted by Gasteiger charge is 2.32. The molecule has 0 fully saturated rings. The molecule has 0 saturated heterocycles. The Morgan fingerprint density at radius 1 is 0.976 bits per heavy atom. The molecule has 1 N–H and O–H groups in total. The third kappa shape index (κ3) is 6.30. The number of para-hydroxylation sites is 1. The van der Waals surface area contributed by atoms with Gasteiger partial charge in [-0.15, -0.1) is 10.2 Å². The lowest BCUT2D eigenvalue weighted by atomic mass is 9.99. The van der Waals surface area contributed by atoms with Crippen LogP contribution in [0.3, 0.4) is 0 Å². The molecule has 0 radical (unpaired) electrons. The Labute approximate surface area is 238 Å². The van der Waals surface area contributed by atoms with E-state index in [-0.39, 0.29) is 30.8 Å². The summed E-state index contributed by atoms with van der Waals surface area (Å²) < 4.78 is 5.68. The fraction of sp³-hybridized carbons (Fsp3) is 0.250. The first-order chi connectivity index (χ1) is 19.8. The largest absolute Gasteiger partial charge is 0.418 e. The van der Waals surface area contributed by atoms with E-state index in [4.69, 9.17) is 4.42 Å². The normalized spacial score (nSPS) is 13.8. The van der Waals surface area contributed by atoms with Gasteiger partial charge in [-0.1, -0.05) is 92.2 Å². The predicted molar refractivity (Wildman–Crippen MR) is 155 cm³/mol. The Morgan fingerprint density at radius 2 is 1.73 bits per heavy atom. The van der Waals surface area contributed by atoms with Crippen LogP contribution in [-0.2, 0) is 16.0 Å². The highest BCUT2D eigenvalue weighted by atomic mass is 16.4. The Balaban J connectivity index is 1.32. The van der Waals surface area contributed by atoms with Crippen molar-refractivity contribution in [2.24, 2.45) is 10.9 Å². The number of rotatable bonds is 9. The first kappa shape index (κ1) is 27.6. The van der Waals surface area contributed by atoms with E-state index in [9.17, 15) is 14.4 Å². The highest BCUT2D eigenvalue weighted by molar-refractivity contribution is 6.20. The van der Waals surface area contributed by atoms with Crippen molar-refractivity contribution in [1.29, 1.82) is 0 Å². The number of benzene rings is 3. The van der Waals surface area contributed by atoms with Crippen LogP contribution in [0.15, 0.2) is 88.3 Å². The molecule has 208 valence electrons. The zero-order valence-corrected chi connectivity index (χ0v) is 23.2. The van der Waals surface area contributed by atoms with Gasteiger partial charge in [0.1, 0.15) is 13.1 Å². The summed E-state index contributed by atoms with van der Waals surface area (Å²) >= 11 is 0. The molecule has 1 aliphatic heterocycles. The van der Waals surface area contributed by atoms with Crippen LogP contribution in [-0.4, -0.2) is 52.6 Å². The molecule has 0 bridgehead atoms. The predicted octanol–water partition coefficient (Wildman–Crippen LogP) is 4.18. The van der Waals surface area contributed by atoms with Crippen molar-refractivity contribution in [1.82, 2.24) is 15.5 Å². The van der Waals surface area contributed by atoms with Crippen LogP contribution in [0.5, 0.6) is 0 Å². The monoisotopic (exact) mass is 549 g/mol. The second-order valence-electron chi connectivity index (χ2n) is 10.3. The minimum atomic E-state index is -0.914. The molecule has 9 nitrogen and oxygen atoms in total.